The van der Waals surface area contributed by atoms with Gasteiger partial charge in [-0.1, -0.05) is 11.3 Å². The zero-order valence-corrected chi connectivity index (χ0v) is 6.73. The summed E-state index contributed by atoms with van der Waals surface area (Å²) in [5, 5.41) is 14.7. The van der Waals surface area contributed by atoms with Crippen LogP contribution in [0.2, 0.25) is 0 Å². The number of hydrogen-bond acceptors (Lipinski definition) is 4. The summed E-state index contributed by atoms with van der Waals surface area (Å²) in [4.78, 5) is 0. The average molecular weight is 173 g/mol. The largest absolute Gasteiger partial charge is 0.278 e. The molecule has 64 valence electrons. The topological polar surface area (TPSA) is 65.4 Å². The molecular formula is C8H7N5. The van der Waals surface area contributed by atoms with Gasteiger partial charge in [0, 0.05) is 17.3 Å². The zero-order chi connectivity index (χ0) is 8.67. The molecule has 0 spiro atoms. The highest BCUT2D eigenvalue weighted by molar-refractivity contribution is 5.60. The van der Waals surface area contributed by atoms with Gasteiger partial charge >= 0.3 is 0 Å². The lowest BCUT2D eigenvalue weighted by Gasteiger charge is -2.18. The maximum Gasteiger partial charge on any atom is 0.128 e. The van der Waals surface area contributed by atoms with Crippen LogP contribution in [0.25, 0.3) is 6.08 Å². The second-order valence-electron chi connectivity index (χ2n) is 2.96. The van der Waals surface area contributed by atoms with Crippen molar-refractivity contribution in [3.8, 4) is 0 Å². The Kier molecular flexibility index (Phi) is 1.16. The Hall–Kier alpha value is -1.91. The van der Waals surface area contributed by atoms with Crippen molar-refractivity contribution in [1.29, 1.82) is 0 Å². The molecule has 13 heavy (non-hydrogen) atoms. The van der Waals surface area contributed by atoms with Gasteiger partial charge in [-0.25, -0.2) is 0 Å². The van der Waals surface area contributed by atoms with Crippen LogP contribution >= 0.6 is 0 Å². The van der Waals surface area contributed by atoms with Gasteiger partial charge in [0.25, 0.3) is 0 Å². The molecule has 0 amide bonds. The average Bonchev–Trinajstić information content (AvgIpc) is 2.65. The third-order valence-corrected chi connectivity index (χ3v) is 2.21. The van der Waals surface area contributed by atoms with Crippen molar-refractivity contribution >= 4 is 6.08 Å². The smallest absolute Gasteiger partial charge is 0.128 e. The number of nitrogens with zero attached hydrogens (tertiary/aromatic N) is 3. The van der Waals surface area contributed by atoms with Crippen LogP contribution in [0.5, 0.6) is 0 Å². The Labute approximate surface area is 74.2 Å². The molecular weight excluding hydrogens is 166 g/mol. The van der Waals surface area contributed by atoms with Crippen LogP contribution in [0.4, 0.5) is 0 Å². The number of aromatic nitrogens is 2. The summed E-state index contributed by atoms with van der Waals surface area (Å²) in [7, 11) is 0. The predicted molar refractivity (Wildman–Crippen MR) is 46.4 cm³/mol. The fraction of sp³-hybridized carbons (Fsp3) is 0.125. The van der Waals surface area contributed by atoms with Gasteiger partial charge in [-0.05, 0) is 6.08 Å². The number of rotatable bonds is 0. The van der Waals surface area contributed by atoms with Gasteiger partial charge in [0.15, 0.2) is 0 Å². The van der Waals surface area contributed by atoms with Gasteiger partial charge in [-0.2, -0.15) is 10.2 Å². The van der Waals surface area contributed by atoms with Crippen LogP contribution in [0, 0.1) is 0 Å². The van der Waals surface area contributed by atoms with Gasteiger partial charge in [0.1, 0.15) is 6.04 Å². The quantitative estimate of drug-likeness (QED) is 0.621. The molecule has 2 heterocycles. The molecule has 0 aromatic carbocycles. The maximum atomic E-state index is 4.10. The summed E-state index contributed by atoms with van der Waals surface area (Å²) < 4.78 is 0. The second kappa shape index (κ2) is 2.29. The molecule has 0 saturated carbocycles. The number of nitrogens with one attached hydrogen (secondary N) is 2. The molecule has 0 saturated heterocycles. The third-order valence-electron chi connectivity index (χ3n) is 2.21. The van der Waals surface area contributed by atoms with E-state index >= 15 is 0 Å². The molecule has 5 heteroatoms. The highest BCUT2D eigenvalue weighted by atomic mass is 15.4. The van der Waals surface area contributed by atoms with Crippen molar-refractivity contribution in [2.45, 2.75) is 6.04 Å². The molecule has 1 unspecified atom stereocenters. The lowest BCUT2D eigenvalue weighted by atomic mass is 9.95. The molecule has 1 aromatic rings. The maximum absolute atomic E-state index is 4.10. The van der Waals surface area contributed by atoms with Gasteiger partial charge in [-0.15, -0.1) is 0 Å². The van der Waals surface area contributed by atoms with Crippen LogP contribution in [-0.2, 0) is 0 Å². The standard InChI is InChI=1S/C8H7N5/c1-2-7-6(4-9-11-7)8-5(1)3-10-13-12-8/h1-4,8H,(H,9,11)(H,10,12). The van der Waals surface area contributed by atoms with Gasteiger partial charge in [0.2, 0.25) is 0 Å². The van der Waals surface area contributed by atoms with E-state index in [0.29, 0.717) is 0 Å². The number of H-pyrrole nitrogens is 1. The van der Waals surface area contributed by atoms with Crippen molar-refractivity contribution in [1.82, 2.24) is 15.6 Å². The first kappa shape index (κ1) is 6.59. The van der Waals surface area contributed by atoms with E-state index in [2.05, 4.69) is 26.0 Å². The van der Waals surface area contributed by atoms with E-state index in [4.69, 9.17) is 0 Å². The van der Waals surface area contributed by atoms with E-state index in [0.717, 1.165) is 16.8 Å². The van der Waals surface area contributed by atoms with Crippen LogP contribution in [-0.4, -0.2) is 10.2 Å². The van der Waals surface area contributed by atoms with E-state index in [1.54, 1.807) is 6.20 Å². The van der Waals surface area contributed by atoms with Crippen molar-refractivity contribution in [2.75, 3.05) is 0 Å². The van der Waals surface area contributed by atoms with Crippen molar-refractivity contribution in [3.63, 3.8) is 0 Å². The van der Waals surface area contributed by atoms with Crippen molar-refractivity contribution in [2.24, 2.45) is 10.3 Å². The summed E-state index contributed by atoms with van der Waals surface area (Å²) in [5.74, 6) is 0. The van der Waals surface area contributed by atoms with E-state index in [9.17, 15) is 0 Å². The monoisotopic (exact) mass is 173 g/mol. The summed E-state index contributed by atoms with van der Waals surface area (Å²) in [6, 6.07) is 0.0139. The van der Waals surface area contributed by atoms with Crippen LogP contribution in [0.3, 0.4) is 0 Å². The molecule has 0 bridgehead atoms. The Bertz CT molecular complexity index is 425. The van der Waals surface area contributed by atoms with Gasteiger partial charge in [-0.3, -0.25) is 10.5 Å². The lowest BCUT2D eigenvalue weighted by Crippen LogP contribution is -2.10. The van der Waals surface area contributed by atoms with E-state index in [1.807, 2.05) is 18.4 Å². The minimum atomic E-state index is 0.0139. The van der Waals surface area contributed by atoms with E-state index in [-0.39, 0.29) is 6.04 Å². The molecule has 0 fully saturated rings. The number of fused-ring (bicyclic) bond motifs is 3. The van der Waals surface area contributed by atoms with Crippen LogP contribution in [0.15, 0.2) is 34.4 Å². The first-order chi connectivity index (χ1) is 6.45. The molecule has 2 N–H and O–H groups in total. The Morgan fingerprint density at radius 2 is 2.31 bits per heavy atom. The summed E-state index contributed by atoms with van der Waals surface area (Å²) in [6.45, 7) is 0. The fourth-order valence-corrected chi connectivity index (χ4v) is 1.56. The SMILES string of the molecule is C1=Cc2[nH]ncc2C2N=NNC=C12. The molecule has 1 aliphatic heterocycles. The minimum Gasteiger partial charge on any atom is -0.278 e. The Morgan fingerprint density at radius 1 is 1.31 bits per heavy atom. The lowest BCUT2D eigenvalue weighted by molar-refractivity contribution is 0.675. The molecule has 1 atom stereocenters. The molecule has 2 aliphatic rings. The predicted octanol–water partition coefficient (Wildman–Crippen LogP) is 1.33. The molecule has 1 aliphatic carbocycles. The highest BCUT2D eigenvalue weighted by Gasteiger charge is 2.23. The second-order valence-corrected chi connectivity index (χ2v) is 2.96. The zero-order valence-electron chi connectivity index (χ0n) is 6.73. The van der Waals surface area contributed by atoms with Gasteiger partial charge in [0.05, 0.1) is 11.9 Å². The first-order valence-electron chi connectivity index (χ1n) is 4.02. The first-order valence-corrected chi connectivity index (χ1v) is 4.02. The number of hydrogen-bond donors (Lipinski definition) is 2. The summed E-state index contributed by atoms with van der Waals surface area (Å²) >= 11 is 0. The molecule has 0 radical (unpaired) electrons. The third kappa shape index (κ3) is 0.837. The fourth-order valence-electron chi connectivity index (χ4n) is 1.56. The Balaban J connectivity index is 2.19. The van der Waals surface area contributed by atoms with Crippen molar-refractivity contribution in [3.05, 3.63) is 35.3 Å². The van der Waals surface area contributed by atoms with Gasteiger partial charge < -0.3 is 0 Å². The number of aromatic amines is 1. The van der Waals surface area contributed by atoms with E-state index < -0.39 is 0 Å². The summed E-state index contributed by atoms with van der Waals surface area (Å²) in [5.41, 5.74) is 5.94. The molecule has 3 rings (SSSR count). The van der Waals surface area contributed by atoms with Crippen LogP contribution < -0.4 is 5.43 Å². The highest BCUT2D eigenvalue weighted by Crippen LogP contribution is 2.34. The van der Waals surface area contributed by atoms with Crippen LogP contribution in [0.1, 0.15) is 17.3 Å². The summed E-state index contributed by atoms with van der Waals surface area (Å²) in [6.07, 6.45) is 7.65. The molecule has 5 nitrogen and oxygen atoms in total. The normalized spacial score (nSPS) is 23.1. The molecule has 1 aromatic heterocycles. The Morgan fingerprint density at radius 3 is 3.31 bits per heavy atom. The van der Waals surface area contributed by atoms with Crippen molar-refractivity contribution < 1.29 is 0 Å². The van der Waals surface area contributed by atoms with E-state index in [1.165, 1.54) is 0 Å². The minimum absolute atomic E-state index is 0.0139.